The number of anilines is 1. The molecule has 1 heterocycles. The molecule has 102 valence electrons. The molecule has 0 atom stereocenters. The Bertz CT molecular complexity index is 511. The number of nitrogens with one attached hydrogen (secondary N) is 1. The molecule has 0 saturated carbocycles. The lowest BCUT2D eigenvalue weighted by Gasteiger charge is -2.03. The van der Waals surface area contributed by atoms with Crippen LogP contribution in [0.5, 0.6) is 0 Å². The van der Waals surface area contributed by atoms with Crippen LogP contribution in [0.1, 0.15) is 19.4 Å². The number of benzene rings is 1. The number of nitrogens with zero attached hydrogens (tertiary/aromatic N) is 2. The predicted molar refractivity (Wildman–Crippen MR) is 79.2 cm³/mol. The molecule has 3 nitrogen and oxygen atoms in total. The topological polar surface area (TPSA) is 37.8 Å². The largest absolute Gasteiger partial charge is 0.360 e. The Morgan fingerprint density at radius 3 is 2.68 bits per heavy atom. The summed E-state index contributed by atoms with van der Waals surface area (Å²) in [7, 11) is 0. The second kappa shape index (κ2) is 6.86. The lowest BCUT2D eigenvalue weighted by molar-refractivity contribution is 0.627. The lowest BCUT2D eigenvalue weighted by Crippen LogP contribution is -2.07. The third-order valence-electron chi connectivity index (χ3n) is 2.34. The van der Waals surface area contributed by atoms with Gasteiger partial charge in [0.25, 0.3) is 0 Å². The van der Waals surface area contributed by atoms with Gasteiger partial charge < -0.3 is 5.32 Å². The van der Waals surface area contributed by atoms with E-state index >= 15 is 0 Å². The summed E-state index contributed by atoms with van der Waals surface area (Å²) in [5.74, 6) is 1.16. The van der Waals surface area contributed by atoms with E-state index in [-0.39, 0.29) is 5.82 Å². The predicted octanol–water partition coefficient (Wildman–Crippen LogP) is 4.04. The Labute approximate surface area is 120 Å². The summed E-state index contributed by atoms with van der Waals surface area (Å²) in [6.45, 7) is 5.20. The smallest absolute Gasteiger partial charge is 0.206 e. The summed E-state index contributed by atoms with van der Waals surface area (Å²) in [6.07, 6.45) is 0. The first kappa shape index (κ1) is 14.3. The highest BCUT2D eigenvalue weighted by Gasteiger charge is 2.05. The van der Waals surface area contributed by atoms with Gasteiger partial charge in [-0.2, -0.15) is 0 Å². The van der Waals surface area contributed by atoms with Crippen LogP contribution in [-0.4, -0.2) is 16.7 Å². The van der Waals surface area contributed by atoms with E-state index in [1.165, 1.54) is 12.1 Å². The van der Waals surface area contributed by atoms with Crippen molar-refractivity contribution in [3.8, 4) is 0 Å². The molecule has 0 aliphatic rings. The number of hydrogen-bond acceptors (Lipinski definition) is 5. The molecule has 1 aromatic heterocycles. The van der Waals surface area contributed by atoms with Crippen molar-refractivity contribution in [2.45, 2.75) is 23.9 Å². The molecule has 0 unspecified atom stereocenters. The molecule has 0 spiro atoms. The summed E-state index contributed by atoms with van der Waals surface area (Å²) in [4.78, 5) is 0. The van der Waals surface area contributed by atoms with Crippen molar-refractivity contribution >= 4 is 28.2 Å². The minimum Gasteiger partial charge on any atom is -0.360 e. The second-order valence-electron chi connectivity index (χ2n) is 4.56. The molecule has 0 radical (unpaired) electrons. The molecule has 0 aliphatic carbocycles. The van der Waals surface area contributed by atoms with Crippen molar-refractivity contribution in [2.75, 3.05) is 11.9 Å². The van der Waals surface area contributed by atoms with Gasteiger partial charge in [0.15, 0.2) is 4.34 Å². The molecule has 2 rings (SSSR count). The number of thioether (sulfide) groups is 1. The minimum atomic E-state index is -0.204. The van der Waals surface area contributed by atoms with E-state index in [0.717, 1.165) is 27.3 Å². The van der Waals surface area contributed by atoms with Crippen LogP contribution >= 0.6 is 23.1 Å². The molecule has 0 aliphatic heterocycles. The average Bonchev–Trinajstić information content (AvgIpc) is 2.84. The molecule has 19 heavy (non-hydrogen) atoms. The van der Waals surface area contributed by atoms with Crippen LogP contribution in [0.4, 0.5) is 9.52 Å². The highest BCUT2D eigenvalue weighted by Crippen LogP contribution is 2.28. The van der Waals surface area contributed by atoms with E-state index in [4.69, 9.17) is 0 Å². The third kappa shape index (κ3) is 4.80. The van der Waals surface area contributed by atoms with E-state index < -0.39 is 0 Å². The van der Waals surface area contributed by atoms with E-state index in [0.29, 0.717) is 5.92 Å². The van der Waals surface area contributed by atoms with Crippen LogP contribution in [0.3, 0.4) is 0 Å². The van der Waals surface area contributed by atoms with Crippen molar-refractivity contribution in [3.63, 3.8) is 0 Å². The summed E-state index contributed by atoms with van der Waals surface area (Å²) >= 11 is 3.17. The Morgan fingerprint density at radius 2 is 2.00 bits per heavy atom. The van der Waals surface area contributed by atoms with Crippen molar-refractivity contribution in [1.82, 2.24) is 10.2 Å². The first-order valence-electron chi connectivity index (χ1n) is 6.08. The summed E-state index contributed by atoms with van der Waals surface area (Å²) in [5.41, 5.74) is 1.08. The third-order valence-corrected chi connectivity index (χ3v) is 4.43. The van der Waals surface area contributed by atoms with Crippen molar-refractivity contribution in [3.05, 3.63) is 35.6 Å². The number of aromatic nitrogens is 2. The van der Waals surface area contributed by atoms with Crippen molar-refractivity contribution < 1.29 is 4.39 Å². The number of hydrogen-bond donors (Lipinski definition) is 1. The summed E-state index contributed by atoms with van der Waals surface area (Å²) in [5, 5.41) is 12.3. The lowest BCUT2D eigenvalue weighted by atomic mass is 10.2. The van der Waals surface area contributed by atoms with Crippen LogP contribution in [0.25, 0.3) is 0 Å². The van der Waals surface area contributed by atoms with Gasteiger partial charge in [0, 0.05) is 12.3 Å². The number of halogens is 1. The maximum atomic E-state index is 12.8. The van der Waals surface area contributed by atoms with Gasteiger partial charge in [-0.1, -0.05) is 49.1 Å². The van der Waals surface area contributed by atoms with Crippen LogP contribution in [-0.2, 0) is 5.75 Å². The van der Waals surface area contributed by atoms with Crippen molar-refractivity contribution in [1.29, 1.82) is 0 Å². The fourth-order valence-corrected chi connectivity index (χ4v) is 3.07. The zero-order valence-electron chi connectivity index (χ0n) is 10.9. The van der Waals surface area contributed by atoms with E-state index in [1.54, 1.807) is 35.2 Å². The average molecular weight is 297 g/mol. The maximum Gasteiger partial charge on any atom is 0.206 e. The molecule has 2 aromatic rings. The van der Waals surface area contributed by atoms with Crippen LogP contribution in [0.15, 0.2) is 28.6 Å². The van der Waals surface area contributed by atoms with Gasteiger partial charge in [-0.15, -0.1) is 10.2 Å². The Kier molecular flexibility index (Phi) is 5.15. The van der Waals surface area contributed by atoms with Gasteiger partial charge in [-0.3, -0.25) is 0 Å². The SMILES string of the molecule is CC(C)CNc1nnc(SCc2ccc(F)cc2)s1. The molecular formula is C13H16FN3S2. The highest BCUT2D eigenvalue weighted by atomic mass is 32.2. The van der Waals surface area contributed by atoms with Gasteiger partial charge in [0.1, 0.15) is 5.82 Å². The normalized spacial score (nSPS) is 10.9. The fraction of sp³-hybridized carbons (Fsp3) is 0.385. The molecular weight excluding hydrogens is 281 g/mol. The zero-order chi connectivity index (χ0) is 13.7. The molecule has 1 N–H and O–H groups in total. The van der Waals surface area contributed by atoms with E-state index in [2.05, 4.69) is 29.4 Å². The van der Waals surface area contributed by atoms with Gasteiger partial charge in [0.05, 0.1) is 0 Å². The molecule has 6 heteroatoms. The summed E-state index contributed by atoms with van der Waals surface area (Å²) in [6, 6.07) is 6.54. The summed E-state index contributed by atoms with van der Waals surface area (Å²) < 4.78 is 13.7. The molecule has 0 bridgehead atoms. The highest BCUT2D eigenvalue weighted by molar-refractivity contribution is 8.00. The first-order valence-corrected chi connectivity index (χ1v) is 7.88. The van der Waals surface area contributed by atoms with Gasteiger partial charge >= 0.3 is 0 Å². The molecule has 0 amide bonds. The number of rotatable bonds is 6. The van der Waals surface area contributed by atoms with Gasteiger partial charge in [0.2, 0.25) is 5.13 Å². The van der Waals surface area contributed by atoms with E-state index in [9.17, 15) is 4.39 Å². The maximum absolute atomic E-state index is 12.8. The quantitative estimate of drug-likeness (QED) is 0.817. The Morgan fingerprint density at radius 1 is 1.26 bits per heavy atom. The van der Waals surface area contributed by atoms with Crippen LogP contribution in [0.2, 0.25) is 0 Å². The zero-order valence-corrected chi connectivity index (χ0v) is 12.5. The van der Waals surface area contributed by atoms with Crippen LogP contribution in [0, 0.1) is 11.7 Å². The second-order valence-corrected chi connectivity index (χ2v) is 6.76. The van der Waals surface area contributed by atoms with E-state index in [1.807, 2.05) is 0 Å². The Balaban J connectivity index is 1.84. The first-order chi connectivity index (χ1) is 9.13. The minimum absolute atomic E-state index is 0.204. The molecule has 0 saturated heterocycles. The Hall–Kier alpha value is -1.14. The standard InChI is InChI=1S/C13H16FN3S2/c1-9(2)7-15-12-16-17-13(19-12)18-8-10-3-5-11(14)6-4-10/h3-6,9H,7-8H2,1-2H3,(H,15,16). The van der Waals surface area contributed by atoms with Crippen LogP contribution < -0.4 is 5.32 Å². The monoisotopic (exact) mass is 297 g/mol. The molecule has 1 aromatic carbocycles. The van der Waals surface area contributed by atoms with Crippen molar-refractivity contribution in [2.24, 2.45) is 5.92 Å². The fourth-order valence-electron chi connectivity index (χ4n) is 1.36. The van der Waals surface area contributed by atoms with Gasteiger partial charge in [-0.25, -0.2) is 4.39 Å². The molecule has 0 fully saturated rings. The van der Waals surface area contributed by atoms with Gasteiger partial charge in [-0.05, 0) is 23.6 Å².